The van der Waals surface area contributed by atoms with Crippen LogP contribution in [-0.4, -0.2) is 37.1 Å². The monoisotopic (exact) mass is 157 g/mol. The third-order valence-corrected chi connectivity index (χ3v) is 1.87. The lowest BCUT2D eigenvalue weighted by Gasteiger charge is -1.92. The summed E-state index contributed by atoms with van der Waals surface area (Å²) in [6.07, 6.45) is 0.699. The Morgan fingerprint density at radius 2 is 2.25 bits per heavy atom. The summed E-state index contributed by atoms with van der Waals surface area (Å²) in [4.78, 5) is 4.08. The molecule has 0 amide bonds. The number of thioether (sulfide) groups is 1. The SMILES string of the molecule is C/C(=N/C[Si])SC[Si]. The Bertz CT molecular complexity index is 84.1. The van der Waals surface area contributed by atoms with Crippen LogP contribution < -0.4 is 0 Å². The molecule has 0 saturated heterocycles. The smallest absolute Gasteiger partial charge is 0.0637 e. The van der Waals surface area contributed by atoms with Gasteiger partial charge in [-0.15, -0.1) is 11.8 Å². The Kier molecular flexibility index (Phi) is 5.90. The maximum absolute atomic E-state index is 4.08. The minimum absolute atomic E-state index is 0.699. The van der Waals surface area contributed by atoms with Gasteiger partial charge in [0.25, 0.3) is 0 Å². The van der Waals surface area contributed by atoms with Crippen LogP contribution in [0.5, 0.6) is 0 Å². The number of nitrogens with zero attached hydrogens (tertiary/aromatic N) is 1. The maximum Gasteiger partial charge on any atom is 0.0637 e. The number of hydrogen-bond acceptors (Lipinski definition) is 2. The molecular formula is C4H7NSSi2. The van der Waals surface area contributed by atoms with E-state index in [0.29, 0.717) is 6.17 Å². The molecule has 0 N–H and O–H groups in total. The van der Waals surface area contributed by atoms with E-state index in [1.54, 1.807) is 11.8 Å². The molecule has 0 rings (SSSR count). The van der Waals surface area contributed by atoms with E-state index in [-0.39, 0.29) is 0 Å². The molecule has 0 aliphatic heterocycles. The van der Waals surface area contributed by atoms with E-state index in [1.165, 1.54) is 0 Å². The molecule has 0 atom stereocenters. The van der Waals surface area contributed by atoms with Crippen LogP contribution in [0.1, 0.15) is 6.92 Å². The lowest BCUT2D eigenvalue weighted by molar-refractivity contribution is 1.37. The van der Waals surface area contributed by atoms with Gasteiger partial charge in [0.05, 0.1) is 15.3 Å². The zero-order valence-electron chi connectivity index (χ0n) is 4.77. The second kappa shape index (κ2) is 5.59. The predicted octanol–water partition coefficient (Wildman–Crippen LogP) is 0.390. The van der Waals surface area contributed by atoms with Crippen LogP contribution in [0, 0.1) is 0 Å². The number of hydrogen-bond donors (Lipinski definition) is 0. The Hall–Kier alpha value is 0.454. The first-order valence-corrected chi connectivity index (χ1v) is 4.64. The zero-order valence-corrected chi connectivity index (χ0v) is 7.59. The predicted molar refractivity (Wildman–Crippen MR) is 41.9 cm³/mol. The molecule has 0 aromatic carbocycles. The van der Waals surface area contributed by atoms with Gasteiger partial charge in [0.2, 0.25) is 0 Å². The largest absolute Gasteiger partial charge is 0.287 e. The third kappa shape index (κ3) is 4.61. The Balaban J connectivity index is 3.29. The van der Waals surface area contributed by atoms with Crippen molar-refractivity contribution in [2.24, 2.45) is 4.99 Å². The molecular weight excluding hydrogens is 150 g/mol. The molecule has 0 aliphatic rings. The van der Waals surface area contributed by atoms with Crippen molar-refractivity contribution >= 4 is 37.3 Å². The second-order valence-corrected chi connectivity index (χ2v) is 3.47. The van der Waals surface area contributed by atoms with Gasteiger partial charge < -0.3 is 0 Å². The fourth-order valence-corrected chi connectivity index (χ4v) is 1.60. The van der Waals surface area contributed by atoms with Gasteiger partial charge in [0, 0.05) is 16.4 Å². The van der Waals surface area contributed by atoms with Crippen LogP contribution in [0.4, 0.5) is 0 Å². The molecule has 0 aromatic rings. The first-order valence-electron chi connectivity index (χ1n) is 2.24. The first-order chi connectivity index (χ1) is 3.81. The summed E-state index contributed by atoms with van der Waals surface area (Å²) < 4.78 is 0. The van der Waals surface area contributed by atoms with Crippen molar-refractivity contribution in [1.29, 1.82) is 0 Å². The maximum atomic E-state index is 4.08. The fourth-order valence-electron chi connectivity index (χ4n) is 0.261. The fraction of sp³-hybridized carbons (Fsp3) is 0.750. The molecule has 0 spiro atoms. The lowest BCUT2D eigenvalue weighted by atomic mass is 10.9. The highest BCUT2D eigenvalue weighted by Gasteiger charge is 1.84. The van der Waals surface area contributed by atoms with Crippen LogP contribution in [0.3, 0.4) is 0 Å². The highest BCUT2D eigenvalue weighted by molar-refractivity contribution is 8.14. The molecule has 0 heterocycles. The van der Waals surface area contributed by atoms with Crippen LogP contribution in [0.25, 0.3) is 0 Å². The van der Waals surface area contributed by atoms with E-state index in [4.69, 9.17) is 0 Å². The lowest BCUT2D eigenvalue weighted by Crippen LogP contribution is -1.88. The van der Waals surface area contributed by atoms with Crippen LogP contribution in [-0.2, 0) is 0 Å². The molecule has 0 bridgehead atoms. The van der Waals surface area contributed by atoms with Crippen molar-refractivity contribution in [3.63, 3.8) is 0 Å². The average molecular weight is 157 g/mol. The third-order valence-electron chi connectivity index (χ3n) is 0.583. The summed E-state index contributed by atoms with van der Waals surface area (Å²) in [6.45, 7) is 1.99. The minimum Gasteiger partial charge on any atom is -0.287 e. The summed E-state index contributed by atoms with van der Waals surface area (Å²) in [5, 5.41) is 2.02. The summed E-state index contributed by atoms with van der Waals surface area (Å²) >= 11 is 1.69. The Morgan fingerprint density at radius 3 is 2.62 bits per heavy atom. The normalized spacial score (nSPS) is 12.1. The molecule has 6 radical (unpaired) electrons. The molecule has 0 aromatic heterocycles. The number of rotatable bonds is 2. The standard InChI is InChI=1S/C4H7NSSi2/c1-4(5-2-7)6-3-8/h2-3H2,1H3/b5-4-. The molecule has 1 nitrogen and oxygen atoms in total. The van der Waals surface area contributed by atoms with Crippen molar-refractivity contribution in [2.45, 2.75) is 6.92 Å². The van der Waals surface area contributed by atoms with Gasteiger partial charge in [-0.2, -0.15) is 0 Å². The van der Waals surface area contributed by atoms with E-state index in [9.17, 15) is 0 Å². The van der Waals surface area contributed by atoms with Gasteiger partial charge in [-0.05, 0) is 12.3 Å². The van der Waals surface area contributed by atoms with Crippen molar-refractivity contribution in [3.05, 3.63) is 0 Å². The summed E-state index contributed by atoms with van der Waals surface area (Å²) in [5.74, 6) is 0. The van der Waals surface area contributed by atoms with Crippen LogP contribution >= 0.6 is 11.8 Å². The Morgan fingerprint density at radius 1 is 1.62 bits per heavy atom. The molecule has 42 valence electrons. The van der Waals surface area contributed by atoms with Crippen LogP contribution in [0.2, 0.25) is 0 Å². The molecule has 0 saturated carbocycles. The molecule has 0 unspecified atom stereocenters. The van der Waals surface area contributed by atoms with E-state index in [0.717, 1.165) is 10.4 Å². The summed E-state index contributed by atoms with van der Waals surface area (Å²) in [5.41, 5.74) is 0. The summed E-state index contributed by atoms with van der Waals surface area (Å²) in [7, 11) is 6.58. The van der Waals surface area contributed by atoms with Gasteiger partial charge in [-0.1, -0.05) is 0 Å². The van der Waals surface area contributed by atoms with E-state index in [1.807, 2.05) is 6.92 Å². The molecule has 4 heteroatoms. The van der Waals surface area contributed by atoms with Gasteiger partial charge in [-0.25, -0.2) is 0 Å². The van der Waals surface area contributed by atoms with Gasteiger partial charge >= 0.3 is 0 Å². The second-order valence-electron chi connectivity index (χ2n) is 1.12. The number of aliphatic imine (C=N–C) groups is 1. The average Bonchev–Trinajstić information content (AvgIpc) is 1.68. The molecule has 8 heavy (non-hydrogen) atoms. The van der Waals surface area contributed by atoms with Gasteiger partial charge in [0.15, 0.2) is 0 Å². The van der Waals surface area contributed by atoms with Crippen molar-refractivity contribution in [1.82, 2.24) is 0 Å². The van der Waals surface area contributed by atoms with Gasteiger partial charge in [-0.3, -0.25) is 4.99 Å². The van der Waals surface area contributed by atoms with Gasteiger partial charge in [0.1, 0.15) is 0 Å². The minimum atomic E-state index is 0.699. The highest BCUT2D eigenvalue weighted by atomic mass is 32.2. The van der Waals surface area contributed by atoms with E-state index < -0.39 is 0 Å². The molecule has 0 aliphatic carbocycles. The zero-order chi connectivity index (χ0) is 6.41. The van der Waals surface area contributed by atoms with Crippen LogP contribution in [0.15, 0.2) is 4.99 Å². The first kappa shape index (κ1) is 8.45. The Labute approximate surface area is 61.2 Å². The highest BCUT2D eigenvalue weighted by Crippen LogP contribution is 1.98. The van der Waals surface area contributed by atoms with Crippen molar-refractivity contribution < 1.29 is 0 Å². The topological polar surface area (TPSA) is 12.4 Å². The van der Waals surface area contributed by atoms with Crippen molar-refractivity contribution in [3.8, 4) is 0 Å². The quantitative estimate of drug-likeness (QED) is 0.321. The summed E-state index contributed by atoms with van der Waals surface area (Å²) in [6, 6.07) is 0. The molecule has 0 fully saturated rings. The van der Waals surface area contributed by atoms with E-state index >= 15 is 0 Å². The van der Waals surface area contributed by atoms with Crippen molar-refractivity contribution in [2.75, 3.05) is 11.5 Å². The van der Waals surface area contributed by atoms with E-state index in [2.05, 4.69) is 25.5 Å².